The van der Waals surface area contributed by atoms with E-state index in [4.69, 9.17) is 9.47 Å². The number of hydrogen-bond donors (Lipinski definition) is 1. The van der Waals surface area contributed by atoms with Crippen LogP contribution in [0.3, 0.4) is 0 Å². The lowest BCUT2D eigenvalue weighted by Gasteiger charge is -2.30. The molecule has 178 valence electrons. The van der Waals surface area contributed by atoms with Gasteiger partial charge in [0.25, 0.3) is 0 Å². The van der Waals surface area contributed by atoms with E-state index in [0.29, 0.717) is 42.6 Å². The molecule has 2 aliphatic heterocycles. The number of carbonyl (C=O) groups excluding carboxylic acids is 1. The van der Waals surface area contributed by atoms with E-state index in [-0.39, 0.29) is 23.5 Å². The van der Waals surface area contributed by atoms with Gasteiger partial charge in [0.1, 0.15) is 0 Å². The van der Waals surface area contributed by atoms with Gasteiger partial charge in [-0.1, -0.05) is 0 Å². The molecular formula is C23H23N3O5S3. The number of piperidine rings is 1. The molecule has 1 amide bonds. The molecule has 1 fully saturated rings. The minimum Gasteiger partial charge on any atom is -0.454 e. The number of rotatable bonds is 6. The summed E-state index contributed by atoms with van der Waals surface area (Å²) in [7, 11) is -3.56. The van der Waals surface area contributed by atoms with Gasteiger partial charge in [-0.3, -0.25) is 4.79 Å². The molecule has 0 radical (unpaired) electrons. The Kier molecular flexibility index (Phi) is 6.52. The molecule has 2 aromatic carbocycles. The largest absolute Gasteiger partial charge is 0.454 e. The van der Waals surface area contributed by atoms with Crippen LogP contribution >= 0.6 is 23.1 Å². The summed E-state index contributed by atoms with van der Waals surface area (Å²) in [6, 6.07) is 12.5. The molecule has 5 rings (SSSR count). The van der Waals surface area contributed by atoms with Gasteiger partial charge in [-0.2, -0.15) is 4.31 Å². The quantitative estimate of drug-likeness (QED) is 0.487. The third-order valence-corrected chi connectivity index (χ3v) is 9.34. The lowest BCUT2D eigenvalue weighted by Crippen LogP contribution is -2.41. The average molecular weight is 518 g/mol. The highest BCUT2D eigenvalue weighted by Crippen LogP contribution is 2.36. The molecule has 0 atom stereocenters. The Morgan fingerprint density at radius 3 is 2.59 bits per heavy atom. The minimum atomic E-state index is -3.56. The molecule has 0 unspecified atom stereocenters. The number of thiazole rings is 1. The number of thioether (sulfide) groups is 1. The SMILES string of the molecule is CSc1ccc(S(=O)(=O)N2CCC(C(=O)Nc3nc(-c4ccc5c(c4)OCO5)cs3)CC2)cc1. The third-order valence-electron chi connectivity index (χ3n) is 5.92. The fraction of sp³-hybridized carbons (Fsp3) is 0.304. The lowest BCUT2D eigenvalue weighted by atomic mass is 9.97. The van der Waals surface area contributed by atoms with Crippen molar-refractivity contribution in [1.82, 2.24) is 9.29 Å². The third kappa shape index (κ3) is 4.65. The summed E-state index contributed by atoms with van der Waals surface area (Å²) in [6.45, 7) is 0.831. The molecule has 34 heavy (non-hydrogen) atoms. The number of amides is 1. The highest BCUT2D eigenvalue weighted by molar-refractivity contribution is 7.98. The molecule has 3 aromatic rings. The van der Waals surface area contributed by atoms with Crippen LogP contribution in [0.15, 0.2) is 57.6 Å². The zero-order valence-electron chi connectivity index (χ0n) is 18.4. The van der Waals surface area contributed by atoms with Crippen LogP contribution in [0, 0.1) is 5.92 Å². The van der Waals surface area contributed by atoms with E-state index in [1.165, 1.54) is 15.6 Å². The summed E-state index contributed by atoms with van der Waals surface area (Å²) in [5.41, 5.74) is 1.62. The van der Waals surface area contributed by atoms with Crippen LogP contribution in [0.4, 0.5) is 5.13 Å². The van der Waals surface area contributed by atoms with Crippen molar-refractivity contribution in [1.29, 1.82) is 0 Å². The Morgan fingerprint density at radius 2 is 1.85 bits per heavy atom. The second-order valence-electron chi connectivity index (χ2n) is 7.95. The monoisotopic (exact) mass is 517 g/mol. The zero-order chi connectivity index (χ0) is 23.7. The number of sulfonamides is 1. The van der Waals surface area contributed by atoms with Gasteiger partial charge < -0.3 is 14.8 Å². The maximum Gasteiger partial charge on any atom is 0.243 e. The molecule has 8 nitrogen and oxygen atoms in total. The van der Waals surface area contributed by atoms with Crippen molar-refractivity contribution >= 4 is 44.2 Å². The Balaban J connectivity index is 1.19. The van der Waals surface area contributed by atoms with Gasteiger partial charge in [-0.15, -0.1) is 23.1 Å². The van der Waals surface area contributed by atoms with Crippen LogP contribution in [0.5, 0.6) is 11.5 Å². The van der Waals surface area contributed by atoms with Crippen molar-refractivity contribution in [3.63, 3.8) is 0 Å². The van der Waals surface area contributed by atoms with E-state index in [0.717, 1.165) is 16.2 Å². The predicted octanol–water partition coefficient (Wildman–Crippen LogP) is 4.30. The average Bonchev–Trinajstić information content (AvgIpc) is 3.53. The second-order valence-corrected chi connectivity index (χ2v) is 11.6. The Hall–Kier alpha value is -2.60. The normalized spacial score (nSPS) is 16.5. The van der Waals surface area contributed by atoms with E-state index in [1.807, 2.05) is 42.0 Å². The van der Waals surface area contributed by atoms with E-state index in [9.17, 15) is 13.2 Å². The highest BCUT2D eigenvalue weighted by Gasteiger charge is 2.32. The fourth-order valence-electron chi connectivity index (χ4n) is 3.98. The molecule has 0 bridgehead atoms. The fourth-order valence-corrected chi connectivity index (χ4v) is 6.58. The first kappa shape index (κ1) is 23.2. The summed E-state index contributed by atoms with van der Waals surface area (Å²) in [6.07, 6.45) is 2.88. The molecule has 1 N–H and O–H groups in total. The first-order valence-electron chi connectivity index (χ1n) is 10.7. The number of aromatic nitrogens is 1. The van der Waals surface area contributed by atoms with E-state index < -0.39 is 10.0 Å². The molecule has 2 aliphatic rings. The number of nitrogens with zero attached hydrogens (tertiary/aromatic N) is 2. The second kappa shape index (κ2) is 9.57. The summed E-state index contributed by atoms with van der Waals surface area (Å²) in [4.78, 5) is 18.6. The van der Waals surface area contributed by atoms with Crippen LogP contribution in [0.25, 0.3) is 11.3 Å². The van der Waals surface area contributed by atoms with Gasteiger partial charge in [0.2, 0.25) is 22.7 Å². The lowest BCUT2D eigenvalue weighted by molar-refractivity contribution is -0.120. The molecular weight excluding hydrogens is 494 g/mol. The number of nitrogens with one attached hydrogen (secondary N) is 1. The molecule has 0 spiro atoms. The Morgan fingerprint density at radius 1 is 1.12 bits per heavy atom. The highest BCUT2D eigenvalue weighted by atomic mass is 32.2. The molecule has 1 aromatic heterocycles. The Bertz CT molecular complexity index is 1300. The number of fused-ring (bicyclic) bond motifs is 1. The van der Waals surface area contributed by atoms with Gasteiger partial charge in [0.05, 0.1) is 10.6 Å². The van der Waals surface area contributed by atoms with Crippen molar-refractivity contribution < 1.29 is 22.7 Å². The van der Waals surface area contributed by atoms with Crippen molar-refractivity contribution in [2.75, 3.05) is 31.5 Å². The van der Waals surface area contributed by atoms with Crippen LogP contribution in [-0.2, 0) is 14.8 Å². The van der Waals surface area contributed by atoms with E-state index in [2.05, 4.69) is 10.3 Å². The predicted molar refractivity (Wildman–Crippen MR) is 132 cm³/mol. The number of carbonyl (C=O) groups is 1. The molecule has 3 heterocycles. The van der Waals surface area contributed by atoms with Gasteiger partial charge >= 0.3 is 0 Å². The van der Waals surface area contributed by atoms with Crippen molar-refractivity contribution in [3.8, 4) is 22.8 Å². The van der Waals surface area contributed by atoms with Crippen molar-refractivity contribution in [2.24, 2.45) is 5.92 Å². The number of ether oxygens (including phenoxy) is 2. The van der Waals surface area contributed by atoms with E-state index in [1.54, 1.807) is 23.9 Å². The van der Waals surface area contributed by atoms with Crippen LogP contribution in [0.2, 0.25) is 0 Å². The standard InChI is InChI=1S/C23H23N3O5S3/c1-32-17-3-5-18(6-4-17)34(28,29)26-10-8-15(9-11-26)22(27)25-23-24-19(13-33-23)16-2-7-20-21(12-16)31-14-30-20/h2-7,12-13,15H,8-11,14H2,1H3,(H,24,25,27). The first-order valence-corrected chi connectivity index (χ1v) is 14.3. The summed E-state index contributed by atoms with van der Waals surface area (Å²) >= 11 is 2.92. The summed E-state index contributed by atoms with van der Waals surface area (Å²) in [5, 5.41) is 5.29. The van der Waals surface area contributed by atoms with Gasteiger partial charge in [-0.05, 0) is 61.6 Å². The number of anilines is 1. The number of hydrogen-bond acceptors (Lipinski definition) is 8. The Labute approximate surface area is 206 Å². The van der Waals surface area contributed by atoms with Gasteiger partial charge in [-0.25, -0.2) is 13.4 Å². The first-order chi connectivity index (χ1) is 16.4. The minimum absolute atomic E-state index is 0.132. The topological polar surface area (TPSA) is 97.8 Å². The summed E-state index contributed by atoms with van der Waals surface area (Å²) < 4.78 is 38.1. The summed E-state index contributed by atoms with van der Waals surface area (Å²) in [5.74, 6) is 0.993. The molecule has 0 saturated carbocycles. The maximum absolute atomic E-state index is 13.0. The number of benzene rings is 2. The van der Waals surface area contributed by atoms with Crippen molar-refractivity contribution in [3.05, 3.63) is 47.8 Å². The molecule has 0 aliphatic carbocycles. The van der Waals surface area contributed by atoms with Gasteiger partial charge in [0.15, 0.2) is 16.6 Å². The molecule has 11 heteroatoms. The van der Waals surface area contributed by atoms with Gasteiger partial charge in [0, 0.05) is 34.8 Å². The smallest absolute Gasteiger partial charge is 0.243 e. The van der Waals surface area contributed by atoms with Crippen LogP contribution in [0.1, 0.15) is 12.8 Å². The maximum atomic E-state index is 13.0. The van der Waals surface area contributed by atoms with Crippen molar-refractivity contribution in [2.45, 2.75) is 22.6 Å². The van der Waals surface area contributed by atoms with E-state index >= 15 is 0 Å². The molecule has 1 saturated heterocycles. The van der Waals surface area contributed by atoms with Crippen LogP contribution in [-0.4, -0.2) is 49.8 Å². The zero-order valence-corrected chi connectivity index (χ0v) is 20.8. The van der Waals surface area contributed by atoms with Crippen LogP contribution < -0.4 is 14.8 Å².